The average Bonchev–Trinajstić information content (AvgIpc) is 3.33. The Balaban J connectivity index is 1.22. The van der Waals surface area contributed by atoms with Gasteiger partial charge in [-0.3, -0.25) is 9.69 Å². The summed E-state index contributed by atoms with van der Waals surface area (Å²) in [6.45, 7) is 12.2. The Hall–Kier alpha value is -3.12. The number of amides is 1. The van der Waals surface area contributed by atoms with Crippen molar-refractivity contribution in [1.29, 1.82) is 0 Å². The molecule has 2 aliphatic rings. The van der Waals surface area contributed by atoms with Crippen LogP contribution in [0.3, 0.4) is 0 Å². The van der Waals surface area contributed by atoms with Gasteiger partial charge in [0.05, 0.1) is 0 Å². The molecule has 1 aromatic heterocycles. The van der Waals surface area contributed by atoms with E-state index in [0.717, 1.165) is 60.3 Å². The predicted molar refractivity (Wildman–Crippen MR) is 135 cm³/mol. The van der Waals surface area contributed by atoms with Gasteiger partial charge in [-0.05, 0) is 73.7 Å². The van der Waals surface area contributed by atoms with Crippen molar-refractivity contribution in [3.05, 3.63) is 70.0 Å². The van der Waals surface area contributed by atoms with Crippen LogP contribution in [0.15, 0.2) is 53.3 Å². The van der Waals surface area contributed by atoms with Crippen LogP contribution in [-0.4, -0.2) is 52.7 Å². The second kappa shape index (κ2) is 8.58. The zero-order chi connectivity index (χ0) is 24.0. The van der Waals surface area contributed by atoms with Crippen LogP contribution in [0, 0.1) is 18.8 Å². The summed E-state index contributed by atoms with van der Waals surface area (Å²) < 4.78 is 5.55. The van der Waals surface area contributed by atoms with E-state index in [9.17, 15) is 9.59 Å². The molecule has 1 N–H and O–H groups in total. The van der Waals surface area contributed by atoms with Gasteiger partial charge in [-0.15, -0.1) is 0 Å². The monoisotopic (exact) mass is 459 g/mol. The molecule has 34 heavy (non-hydrogen) atoms. The third-order valence-electron chi connectivity index (χ3n) is 6.99. The number of fused-ring (bicyclic) bond motifs is 2. The predicted octanol–water partition coefficient (Wildman–Crippen LogP) is 4.80. The lowest BCUT2D eigenvalue weighted by Crippen LogP contribution is -2.37. The smallest absolute Gasteiger partial charge is 0.410 e. The number of aromatic amines is 1. The molecule has 3 heterocycles. The van der Waals surface area contributed by atoms with Gasteiger partial charge in [-0.2, -0.15) is 0 Å². The van der Waals surface area contributed by atoms with Gasteiger partial charge in [-0.1, -0.05) is 36.4 Å². The summed E-state index contributed by atoms with van der Waals surface area (Å²) in [5, 5.41) is 1.72. The van der Waals surface area contributed by atoms with Crippen molar-refractivity contribution < 1.29 is 9.53 Å². The van der Waals surface area contributed by atoms with E-state index in [-0.39, 0.29) is 11.7 Å². The Kier molecular flexibility index (Phi) is 5.72. The van der Waals surface area contributed by atoms with Gasteiger partial charge >= 0.3 is 6.09 Å². The zero-order valence-corrected chi connectivity index (χ0v) is 20.4. The van der Waals surface area contributed by atoms with Crippen LogP contribution in [0.25, 0.3) is 22.0 Å². The number of aryl methyl sites for hydroxylation is 1. The van der Waals surface area contributed by atoms with E-state index in [4.69, 9.17) is 4.74 Å². The van der Waals surface area contributed by atoms with Gasteiger partial charge in [0.1, 0.15) is 5.60 Å². The van der Waals surface area contributed by atoms with E-state index in [0.29, 0.717) is 11.8 Å². The van der Waals surface area contributed by atoms with E-state index < -0.39 is 5.60 Å². The number of H-pyrrole nitrogens is 1. The largest absolute Gasteiger partial charge is 0.444 e. The number of carbonyl (C=O) groups excluding carboxylic acids is 1. The van der Waals surface area contributed by atoms with Crippen LogP contribution >= 0.6 is 0 Å². The molecule has 0 radical (unpaired) electrons. The third-order valence-corrected chi connectivity index (χ3v) is 6.99. The van der Waals surface area contributed by atoms with Crippen LogP contribution < -0.4 is 5.56 Å². The lowest BCUT2D eigenvalue weighted by atomic mass is 10.0. The summed E-state index contributed by atoms with van der Waals surface area (Å²) in [6, 6.07) is 16.4. The lowest BCUT2D eigenvalue weighted by molar-refractivity contribution is 0.0274. The summed E-state index contributed by atoms with van der Waals surface area (Å²) in [4.78, 5) is 32.3. The zero-order valence-electron chi connectivity index (χ0n) is 20.4. The van der Waals surface area contributed by atoms with Crippen molar-refractivity contribution in [2.45, 2.75) is 39.8 Å². The van der Waals surface area contributed by atoms with Crippen molar-refractivity contribution >= 4 is 16.9 Å². The molecular weight excluding hydrogens is 426 g/mol. The fraction of sp³-hybridized carbons (Fsp3) is 0.429. The highest BCUT2D eigenvalue weighted by atomic mass is 16.6. The number of likely N-dealkylation sites (tertiary alicyclic amines) is 2. The molecule has 2 saturated heterocycles. The Morgan fingerprint density at radius 3 is 2.32 bits per heavy atom. The first-order valence-corrected chi connectivity index (χ1v) is 12.1. The molecule has 0 spiro atoms. The molecule has 2 unspecified atom stereocenters. The molecule has 178 valence electrons. The minimum absolute atomic E-state index is 0.0516. The molecule has 2 atom stereocenters. The molecule has 0 bridgehead atoms. The summed E-state index contributed by atoms with van der Waals surface area (Å²) in [7, 11) is 0. The third kappa shape index (κ3) is 4.60. The number of ether oxygens (including phenoxy) is 1. The molecule has 2 aliphatic heterocycles. The molecule has 0 aliphatic carbocycles. The van der Waals surface area contributed by atoms with Crippen molar-refractivity contribution in [3.63, 3.8) is 0 Å². The fourth-order valence-corrected chi connectivity index (χ4v) is 5.34. The average molecular weight is 460 g/mol. The second-order valence-electron chi connectivity index (χ2n) is 10.8. The summed E-state index contributed by atoms with van der Waals surface area (Å²) >= 11 is 0. The second-order valence-corrected chi connectivity index (χ2v) is 10.8. The Labute approximate surface area is 200 Å². The number of benzene rings is 2. The van der Waals surface area contributed by atoms with Gasteiger partial charge in [0.15, 0.2) is 0 Å². The van der Waals surface area contributed by atoms with Crippen molar-refractivity contribution in [2.24, 2.45) is 11.8 Å². The molecular formula is C28H33N3O3. The molecule has 6 nitrogen and oxygen atoms in total. The number of hydrogen-bond acceptors (Lipinski definition) is 4. The SMILES string of the molecule is Cc1cccc2c(=O)[nH]c(-c3ccc(CN4CC5CN(C(=O)OC(C)(C)C)CC5C4)cc3)cc12. The minimum atomic E-state index is -0.453. The number of nitrogens with one attached hydrogen (secondary N) is 1. The van der Waals surface area contributed by atoms with Gasteiger partial charge in [0, 0.05) is 43.8 Å². The number of aromatic nitrogens is 1. The van der Waals surface area contributed by atoms with E-state index in [1.807, 2.05) is 50.8 Å². The van der Waals surface area contributed by atoms with Gasteiger partial charge in [0.2, 0.25) is 0 Å². The maximum absolute atomic E-state index is 12.6. The van der Waals surface area contributed by atoms with Crippen molar-refractivity contribution in [1.82, 2.24) is 14.8 Å². The first-order chi connectivity index (χ1) is 16.2. The van der Waals surface area contributed by atoms with Crippen molar-refractivity contribution in [2.75, 3.05) is 26.2 Å². The van der Waals surface area contributed by atoms with E-state index in [1.54, 1.807) is 0 Å². The van der Waals surface area contributed by atoms with E-state index in [2.05, 4.69) is 40.2 Å². The lowest BCUT2D eigenvalue weighted by Gasteiger charge is -2.26. The molecule has 5 rings (SSSR count). The van der Waals surface area contributed by atoms with Crippen LogP contribution in [0.1, 0.15) is 31.9 Å². The Bertz CT molecular complexity index is 1260. The highest BCUT2D eigenvalue weighted by Gasteiger charge is 2.42. The van der Waals surface area contributed by atoms with E-state index >= 15 is 0 Å². The topological polar surface area (TPSA) is 65.6 Å². The maximum Gasteiger partial charge on any atom is 0.410 e. The first kappa shape index (κ1) is 22.7. The summed E-state index contributed by atoms with van der Waals surface area (Å²) in [5.74, 6) is 1.02. The summed E-state index contributed by atoms with van der Waals surface area (Å²) in [5.41, 5.74) is 3.71. The van der Waals surface area contributed by atoms with Crippen LogP contribution in [-0.2, 0) is 11.3 Å². The number of hydrogen-bond donors (Lipinski definition) is 1. The molecule has 0 saturated carbocycles. The Morgan fingerprint density at radius 2 is 1.68 bits per heavy atom. The molecule has 2 fully saturated rings. The van der Waals surface area contributed by atoms with Crippen molar-refractivity contribution in [3.8, 4) is 11.3 Å². The first-order valence-electron chi connectivity index (χ1n) is 12.1. The summed E-state index contributed by atoms with van der Waals surface area (Å²) in [6.07, 6.45) is -0.189. The van der Waals surface area contributed by atoms with Crippen LogP contribution in [0.2, 0.25) is 0 Å². The maximum atomic E-state index is 12.6. The number of nitrogens with zero attached hydrogens (tertiary/aromatic N) is 2. The standard InChI is InChI=1S/C28H33N3O3/c1-18-6-5-7-23-24(18)12-25(29-26(23)32)20-10-8-19(9-11-20)13-30-14-21-16-31(17-22(21)15-30)27(33)34-28(2,3)4/h5-12,21-22H,13-17H2,1-4H3,(H,29,32). The number of carbonyl (C=O) groups is 1. The van der Waals surface area contributed by atoms with Gasteiger partial charge < -0.3 is 14.6 Å². The Morgan fingerprint density at radius 1 is 1.00 bits per heavy atom. The van der Waals surface area contributed by atoms with Crippen LogP contribution in [0.4, 0.5) is 4.79 Å². The van der Waals surface area contributed by atoms with E-state index in [1.165, 1.54) is 5.56 Å². The fourth-order valence-electron chi connectivity index (χ4n) is 5.34. The quantitative estimate of drug-likeness (QED) is 0.611. The number of rotatable bonds is 3. The van der Waals surface area contributed by atoms with Gasteiger partial charge in [-0.25, -0.2) is 4.79 Å². The highest BCUT2D eigenvalue weighted by molar-refractivity contribution is 5.87. The highest BCUT2D eigenvalue weighted by Crippen LogP contribution is 2.33. The molecule has 2 aromatic carbocycles. The molecule has 3 aromatic rings. The number of pyridine rings is 1. The normalized spacial score (nSPS) is 20.6. The minimum Gasteiger partial charge on any atom is -0.444 e. The molecule has 6 heteroatoms. The van der Waals surface area contributed by atoms with Gasteiger partial charge in [0.25, 0.3) is 5.56 Å². The molecule has 1 amide bonds. The van der Waals surface area contributed by atoms with Crippen LogP contribution in [0.5, 0.6) is 0 Å².